The lowest BCUT2D eigenvalue weighted by Crippen LogP contribution is -2.42. The summed E-state index contributed by atoms with van der Waals surface area (Å²) < 4.78 is 57.2. The number of likely N-dealkylation sites (tertiary alicyclic amines) is 1. The fourth-order valence-corrected chi connectivity index (χ4v) is 3.37. The zero-order valence-electron chi connectivity index (χ0n) is 17.3. The molecule has 2 aromatic rings. The molecule has 0 amide bonds. The second-order valence-electron chi connectivity index (χ2n) is 8.09. The molecule has 3 rings (SSSR count). The average Bonchev–Trinajstić information content (AvgIpc) is 2.70. The highest BCUT2D eigenvalue weighted by Gasteiger charge is 2.52. The van der Waals surface area contributed by atoms with Crippen LogP contribution in [0.25, 0.3) is 0 Å². The maximum atomic E-state index is 13.3. The van der Waals surface area contributed by atoms with Crippen molar-refractivity contribution in [2.24, 2.45) is 0 Å². The first-order chi connectivity index (χ1) is 14.1. The number of alkyl halides is 4. The third-order valence-electron chi connectivity index (χ3n) is 5.40. The van der Waals surface area contributed by atoms with Gasteiger partial charge in [0.1, 0.15) is 5.75 Å². The van der Waals surface area contributed by atoms with E-state index in [0.717, 1.165) is 38.2 Å². The van der Waals surface area contributed by atoms with E-state index < -0.39 is 18.5 Å². The highest BCUT2D eigenvalue weighted by Crippen LogP contribution is 2.34. The minimum Gasteiger partial charge on any atom is -0.487 e. The lowest BCUT2D eigenvalue weighted by molar-refractivity contribution is -0.211. The molecule has 2 aromatic carbocycles. The fourth-order valence-electron chi connectivity index (χ4n) is 3.37. The van der Waals surface area contributed by atoms with Gasteiger partial charge in [0.2, 0.25) is 0 Å². The summed E-state index contributed by atoms with van der Waals surface area (Å²) in [5.41, 5.74) is 3.43. The molecular weight excluding hydrogens is 396 g/mol. The summed E-state index contributed by atoms with van der Waals surface area (Å²) >= 11 is 0. The zero-order chi connectivity index (χ0) is 21.8. The first-order valence-corrected chi connectivity index (χ1v) is 10.2. The molecule has 1 aliphatic heterocycles. The van der Waals surface area contributed by atoms with E-state index in [1.165, 1.54) is 23.3 Å². The molecule has 1 aliphatic rings. The van der Waals surface area contributed by atoms with E-state index in [4.69, 9.17) is 4.74 Å². The first kappa shape index (κ1) is 22.4. The van der Waals surface area contributed by atoms with Crippen LogP contribution in [0, 0.1) is 6.92 Å². The van der Waals surface area contributed by atoms with Gasteiger partial charge in [0.05, 0.1) is 0 Å². The number of nitrogens with one attached hydrogen (secondary N) is 1. The first-order valence-electron chi connectivity index (χ1n) is 10.2. The predicted octanol–water partition coefficient (Wildman–Crippen LogP) is 5.74. The number of rotatable bonds is 8. The molecule has 1 saturated heterocycles. The Morgan fingerprint density at radius 2 is 1.57 bits per heavy atom. The van der Waals surface area contributed by atoms with Gasteiger partial charge in [-0.05, 0) is 49.6 Å². The number of hydrogen-bond donors (Lipinski definition) is 1. The molecule has 7 heteroatoms. The van der Waals surface area contributed by atoms with Crippen LogP contribution >= 0.6 is 0 Å². The summed E-state index contributed by atoms with van der Waals surface area (Å²) in [5, 5.41) is 3.45. The summed E-state index contributed by atoms with van der Waals surface area (Å²) in [4.78, 5) is 2.43. The molecule has 0 aliphatic carbocycles. The van der Waals surface area contributed by atoms with Gasteiger partial charge in [-0.25, -0.2) is 8.78 Å². The topological polar surface area (TPSA) is 24.5 Å². The van der Waals surface area contributed by atoms with Gasteiger partial charge in [-0.1, -0.05) is 29.8 Å². The molecule has 164 valence electrons. The number of halogens is 4. The van der Waals surface area contributed by atoms with Gasteiger partial charge in [0.25, 0.3) is 0 Å². The van der Waals surface area contributed by atoms with Crippen molar-refractivity contribution in [2.45, 2.75) is 51.1 Å². The zero-order valence-corrected chi connectivity index (χ0v) is 17.3. The number of anilines is 1. The predicted molar refractivity (Wildman–Crippen MR) is 111 cm³/mol. The normalized spacial score (nSPS) is 16.5. The summed E-state index contributed by atoms with van der Waals surface area (Å²) in [6.07, 6.45) is 2.00. The van der Waals surface area contributed by atoms with Crippen molar-refractivity contribution in [3.05, 3.63) is 59.7 Å². The monoisotopic (exact) mass is 424 g/mol. The van der Waals surface area contributed by atoms with Gasteiger partial charge in [-0.15, -0.1) is 0 Å². The van der Waals surface area contributed by atoms with Gasteiger partial charge in [-0.3, -0.25) is 4.90 Å². The Morgan fingerprint density at radius 1 is 0.967 bits per heavy atom. The van der Waals surface area contributed by atoms with E-state index in [2.05, 4.69) is 41.4 Å². The quantitative estimate of drug-likeness (QED) is 0.547. The second-order valence-corrected chi connectivity index (χ2v) is 8.09. The molecule has 0 saturated carbocycles. The molecule has 1 heterocycles. The molecular formula is C23H28F4N2O. The van der Waals surface area contributed by atoms with E-state index in [1.54, 1.807) is 12.1 Å². The van der Waals surface area contributed by atoms with E-state index in [-0.39, 0.29) is 12.7 Å². The summed E-state index contributed by atoms with van der Waals surface area (Å²) in [7, 11) is 0. The van der Waals surface area contributed by atoms with Crippen molar-refractivity contribution in [3.63, 3.8) is 0 Å². The molecule has 0 spiro atoms. The van der Waals surface area contributed by atoms with Crippen LogP contribution in [0.5, 0.6) is 5.75 Å². The van der Waals surface area contributed by atoms with E-state index in [1.807, 2.05) is 0 Å². The molecule has 0 unspecified atom stereocenters. The Balaban J connectivity index is 1.43. The van der Waals surface area contributed by atoms with Gasteiger partial charge in [0.15, 0.2) is 6.61 Å². The molecule has 1 fully saturated rings. The van der Waals surface area contributed by atoms with E-state index in [9.17, 15) is 17.6 Å². The number of ether oxygens (including phenoxy) is 1. The van der Waals surface area contributed by atoms with Gasteiger partial charge in [0, 0.05) is 38.3 Å². The van der Waals surface area contributed by atoms with Crippen molar-refractivity contribution in [1.29, 1.82) is 0 Å². The van der Waals surface area contributed by atoms with Crippen molar-refractivity contribution in [3.8, 4) is 5.75 Å². The smallest absolute Gasteiger partial charge is 0.342 e. The molecule has 3 nitrogen and oxygen atoms in total. The van der Waals surface area contributed by atoms with Crippen LogP contribution in [0.2, 0.25) is 0 Å². The highest BCUT2D eigenvalue weighted by atomic mass is 19.3. The van der Waals surface area contributed by atoms with Crippen molar-refractivity contribution >= 4 is 5.69 Å². The molecule has 1 N–H and O–H groups in total. The molecule has 0 atom stereocenters. The van der Waals surface area contributed by atoms with Crippen molar-refractivity contribution in [2.75, 3.05) is 25.0 Å². The fraction of sp³-hybridized carbons (Fsp3) is 0.478. The van der Waals surface area contributed by atoms with Crippen LogP contribution in [0.15, 0.2) is 48.5 Å². The van der Waals surface area contributed by atoms with Gasteiger partial charge < -0.3 is 10.1 Å². The summed E-state index contributed by atoms with van der Waals surface area (Å²) in [6.45, 7) is 3.84. The van der Waals surface area contributed by atoms with Crippen LogP contribution < -0.4 is 10.1 Å². The van der Waals surface area contributed by atoms with E-state index in [0.29, 0.717) is 6.04 Å². The van der Waals surface area contributed by atoms with Gasteiger partial charge in [-0.2, -0.15) is 8.78 Å². The van der Waals surface area contributed by atoms with E-state index >= 15 is 0 Å². The Hall–Kier alpha value is -2.28. The Morgan fingerprint density at radius 3 is 2.13 bits per heavy atom. The summed E-state index contributed by atoms with van der Waals surface area (Å²) in [5.74, 6) is -8.20. The van der Waals surface area contributed by atoms with Crippen LogP contribution in [0.3, 0.4) is 0 Å². The Bertz CT molecular complexity index is 795. The summed E-state index contributed by atoms with van der Waals surface area (Å²) in [6, 6.07) is 15.4. The largest absolute Gasteiger partial charge is 0.487 e. The third kappa shape index (κ3) is 6.11. The van der Waals surface area contributed by atoms with Crippen LogP contribution in [0.1, 0.15) is 30.9 Å². The number of nitrogens with zero attached hydrogens (tertiary/aromatic N) is 1. The maximum Gasteiger partial charge on any atom is 0.342 e. The number of aryl methyl sites for hydroxylation is 1. The minimum atomic E-state index is -4.21. The van der Waals surface area contributed by atoms with Crippen LogP contribution in [-0.2, 0) is 6.54 Å². The van der Waals surface area contributed by atoms with Crippen LogP contribution in [0.4, 0.5) is 23.2 Å². The maximum absolute atomic E-state index is 13.3. The third-order valence-corrected chi connectivity index (χ3v) is 5.40. The highest BCUT2D eigenvalue weighted by molar-refractivity contribution is 5.47. The van der Waals surface area contributed by atoms with Crippen molar-refractivity contribution in [1.82, 2.24) is 4.90 Å². The standard InChI is InChI=1S/C23H28F4N2O/c1-17-3-5-18(6-4-17)15-29-13-11-20(12-14-29)28-19-7-9-21(10-8-19)30-16-23(26,27)22(2,24)25/h3-10,20,28H,11-16H2,1-2H3. The number of benzene rings is 2. The van der Waals surface area contributed by atoms with Gasteiger partial charge >= 0.3 is 11.8 Å². The second kappa shape index (κ2) is 9.25. The number of hydrogen-bond acceptors (Lipinski definition) is 3. The Labute approximate surface area is 175 Å². The molecule has 0 bridgehead atoms. The molecule has 0 aromatic heterocycles. The van der Waals surface area contributed by atoms with Crippen LogP contribution in [-0.4, -0.2) is 42.5 Å². The molecule has 30 heavy (non-hydrogen) atoms. The minimum absolute atomic E-state index is 0.136. The Kier molecular flexibility index (Phi) is 6.91. The number of piperidine rings is 1. The SMILES string of the molecule is Cc1ccc(CN2CCC(Nc3ccc(OCC(F)(F)C(C)(F)F)cc3)CC2)cc1. The van der Waals surface area contributed by atoms with Crippen molar-refractivity contribution < 1.29 is 22.3 Å². The lowest BCUT2D eigenvalue weighted by atomic mass is 10.0. The molecule has 0 radical (unpaired) electrons. The lowest BCUT2D eigenvalue weighted by Gasteiger charge is -2.33. The average molecular weight is 424 g/mol.